The number of nitrogens with one attached hydrogen (secondary N) is 2. The largest absolute Gasteiger partial charge is 2.00 e. The molecule has 2 aromatic heterocycles. The Labute approximate surface area is 232 Å². The molecule has 13 heteroatoms. The van der Waals surface area contributed by atoms with Crippen molar-refractivity contribution in [3.63, 3.8) is 0 Å². The number of H-pyrrole nitrogens is 2. The van der Waals surface area contributed by atoms with Gasteiger partial charge in [-0.25, -0.2) is 8.42 Å². The molecule has 2 aromatic rings. The number of aliphatic imine (C=N–C) groups is 2. The third kappa shape index (κ3) is 11.4. The molecule has 0 saturated heterocycles. The maximum Gasteiger partial charge on any atom is 2.00 e. The zero-order valence-corrected chi connectivity index (χ0v) is 22.9. The number of hydrogen-bond acceptors (Lipinski definition) is 5. The van der Waals surface area contributed by atoms with Crippen molar-refractivity contribution in [1.29, 1.82) is 0 Å². The molecule has 2 aliphatic carbocycles. The molecule has 0 aromatic carbocycles. The predicted molar refractivity (Wildman–Crippen MR) is 137 cm³/mol. The van der Waals surface area contributed by atoms with Crippen LogP contribution in [0.4, 0.5) is 13.2 Å². The van der Waals surface area contributed by atoms with Crippen LogP contribution < -0.4 is 0 Å². The van der Waals surface area contributed by atoms with Crippen molar-refractivity contribution in [2.75, 3.05) is 0 Å². The Morgan fingerprint density at radius 3 is 1.53 bits per heavy atom. The van der Waals surface area contributed by atoms with Crippen LogP contribution in [0.5, 0.6) is 0 Å². The van der Waals surface area contributed by atoms with Gasteiger partial charge in [-0.15, -0.1) is 13.1 Å². The van der Waals surface area contributed by atoms with E-state index in [9.17, 15) is 13.2 Å². The summed E-state index contributed by atoms with van der Waals surface area (Å²) in [6.07, 6.45) is 17.0. The minimum atomic E-state index is -6.09. The topological polar surface area (TPSA) is 128 Å². The van der Waals surface area contributed by atoms with Gasteiger partial charge in [0.15, 0.2) is 10.1 Å². The van der Waals surface area contributed by atoms with Gasteiger partial charge in [-0.3, -0.25) is 9.98 Å². The van der Waals surface area contributed by atoms with E-state index < -0.39 is 15.6 Å². The Morgan fingerprint density at radius 1 is 0.816 bits per heavy atom. The van der Waals surface area contributed by atoms with Crippen LogP contribution in [0.15, 0.2) is 34.3 Å². The number of rotatable bonds is 8. The number of alkyl halides is 3. The van der Waals surface area contributed by atoms with Crippen molar-refractivity contribution >= 4 is 22.5 Å². The molecule has 0 unspecified atom stereocenters. The predicted octanol–water partition coefficient (Wildman–Crippen LogP) is 5.97. The number of aromatic amines is 2. The summed E-state index contributed by atoms with van der Waals surface area (Å²) >= 11 is 0. The number of hydrogen-bond donors (Lipinski definition) is 2. The Morgan fingerprint density at radius 2 is 1.18 bits per heavy atom. The molecule has 2 N–H and O–H groups in total. The second kappa shape index (κ2) is 15.6. The van der Waals surface area contributed by atoms with Crippen molar-refractivity contribution in [1.82, 2.24) is 9.97 Å². The van der Waals surface area contributed by atoms with Gasteiger partial charge in [0, 0.05) is 12.4 Å². The molecule has 2 aliphatic rings. The third-order valence-electron chi connectivity index (χ3n) is 6.38. The third-order valence-corrected chi connectivity index (χ3v) is 6.95. The quantitative estimate of drug-likeness (QED) is 0.220. The minimum Gasteiger partial charge on any atom is -0.741 e. The smallest absolute Gasteiger partial charge is 0.741 e. The number of halogens is 3. The van der Waals surface area contributed by atoms with E-state index in [2.05, 4.69) is 39.6 Å². The van der Waals surface area contributed by atoms with Crippen LogP contribution in [0.3, 0.4) is 0 Å². The molecule has 0 spiro atoms. The molecular formula is C25H34CoF3N5O3S. The minimum absolute atomic E-state index is 0. The van der Waals surface area contributed by atoms with Gasteiger partial charge < -0.3 is 19.8 Å². The van der Waals surface area contributed by atoms with Gasteiger partial charge >= 0.3 is 22.3 Å². The molecule has 2 fully saturated rings. The van der Waals surface area contributed by atoms with Crippen LogP contribution >= 0.6 is 0 Å². The van der Waals surface area contributed by atoms with E-state index in [1.165, 1.54) is 64.2 Å². The molecule has 38 heavy (non-hydrogen) atoms. The Bertz CT molecular complexity index is 1050. The SMILES string of the molecule is C(=NC1CCCCC1)c1ccc(C[N-]Cc2ccc(C=NC3CCCCC3)[nH]2)[nH]1.O=S(=O)([O-])C(F)(F)F.[Co+2]. The van der Waals surface area contributed by atoms with Crippen LogP contribution in [0, 0.1) is 0 Å². The van der Waals surface area contributed by atoms with E-state index in [0.717, 1.165) is 22.8 Å². The molecule has 213 valence electrons. The van der Waals surface area contributed by atoms with Crippen molar-refractivity contribution in [3.8, 4) is 0 Å². The van der Waals surface area contributed by atoms with E-state index in [4.69, 9.17) is 23.0 Å². The second-order valence-electron chi connectivity index (χ2n) is 9.46. The maximum atomic E-state index is 10.7. The first kappa shape index (κ1) is 32.3. The zero-order valence-electron chi connectivity index (χ0n) is 21.0. The molecular weight excluding hydrogens is 566 g/mol. The molecule has 0 aliphatic heterocycles. The first-order valence-electron chi connectivity index (χ1n) is 12.7. The monoisotopic (exact) mass is 600 g/mol. The average molecular weight is 601 g/mol. The number of aromatic nitrogens is 2. The van der Waals surface area contributed by atoms with Crippen LogP contribution in [0.25, 0.3) is 5.32 Å². The summed E-state index contributed by atoms with van der Waals surface area (Å²) in [4.78, 5) is 16.3. The average Bonchev–Trinajstić information content (AvgIpc) is 3.51. The van der Waals surface area contributed by atoms with E-state index in [1.807, 2.05) is 12.4 Å². The summed E-state index contributed by atoms with van der Waals surface area (Å²) in [5.74, 6) is 0. The normalized spacial score (nSPS) is 17.9. The first-order valence-corrected chi connectivity index (χ1v) is 14.1. The van der Waals surface area contributed by atoms with E-state index >= 15 is 0 Å². The summed E-state index contributed by atoms with van der Waals surface area (Å²) in [7, 11) is -6.09. The summed E-state index contributed by atoms with van der Waals surface area (Å²) < 4.78 is 58.9. The first-order chi connectivity index (χ1) is 17.6. The maximum absolute atomic E-state index is 10.7. The fourth-order valence-corrected chi connectivity index (χ4v) is 4.38. The van der Waals surface area contributed by atoms with E-state index in [0.29, 0.717) is 25.2 Å². The van der Waals surface area contributed by atoms with Gasteiger partial charge in [0.1, 0.15) is 0 Å². The van der Waals surface area contributed by atoms with Gasteiger partial charge in [0.2, 0.25) is 0 Å². The van der Waals surface area contributed by atoms with Gasteiger partial charge in [-0.05, 0) is 61.3 Å². The molecule has 0 atom stereocenters. The fourth-order valence-electron chi connectivity index (χ4n) is 4.38. The van der Waals surface area contributed by atoms with Gasteiger partial charge in [-0.1, -0.05) is 38.5 Å². The summed E-state index contributed by atoms with van der Waals surface area (Å²) in [6, 6.07) is 9.47. The molecule has 1 radical (unpaired) electrons. The van der Waals surface area contributed by atoms with Crippen molar-refractivity contribution in [3.05, 3.63) is 52.4 Å². The molecule has 0 amide bonds. The van der Waals surface area contributed by atoms with Crippen LogP contribution in [0.1, 0.15) is 87.0 Å². The standard InChI is InChI=1S/C24H34N5.CHF3O3S.Co/c1-3-7-19(8-4-1)26-17-23-13-11-21(28-23)15-25-16-22-12-14-24(29-22)18-27-20-9-5-2-6-10-20;2-1(3,4)8(5,6)7;/h11-14,17-20,28-29H,1-10,15-16H2;(H,5,6,7);/q-1;;+2/p-1. The Balaban J connectivity index is 0.000000493. The van der Waals surface area contributed by atoms with Gasteiger partial charge in [-0.2, -0.15) is 13.2 Å². The van der Waals surface area contributed by atoms with Gasteiger partial charge in [0.25, 0.3) is 0 Å². The summed E-state index contributed by atoms with van der Waals surface area (Å²) in [5.41, 5.74) is -1.20. The molecule has 0 bridgehead atoms. The van der Waals surface area contributed by atoms with Gasteiger partial charge in [0.05, 0.1) is 23.5 Å². The molecule has 2 saturated carbocycles. The van der Waals surface area contributed by atoms with Crippen LogP contribution in [-0.4, -0.2) is 53.0 Å². The number of nitrogens with zero attached hydrogens (tertiary/aromatic N) is 3. The van der Waals surface area contributed by atoms with Crippen molar-refractivity contribution in [2.45, 2.75) is 94.9 Å². The van der Waals surface area contributed by atoms with E-state index in [-0.39, 0.29) is 16.8 Å². The Hall–Kier alpha value is -1.93. The Kier molecular flexibility index (Phi) is 13.3. The molecule has 4 rings (SSSR count). The summed E-state index contributed by atoms with van der Waals surface area (Å²) in [5, 5.41) is 4.69. The summed E-state index contributed by atoms with van der Waals surface area (Å²) in [6.45, 7) is 1.39. The van der Waals surface area contributed by atoms with Crippen molar-refractivity contribution in [2.24, 2.45) is 9.98 Å². The van der Waals surface area contributed by atoms with Crippen LogP contribution in [-0.2, 0) is 40.0 Å². The van der Waals surface area contributed by atoms with E-state index in [1.54, 1.807) is 0 Å². The second-order valence-corrected chi connectivity index (χ2v) is 10.8. The molecule has 2 heterocycles. The van der Waals surface area contributed by atoms with Crippen molar-refractivity contribution < 1.29 is 42.9 Å². The van der Waals surface area contributed by atoms with Crippen LogP contribution in [0.2, 0.25) is 0 Å². The fraction of sp³-hybridized carbons (Fsp3) is 0.600. The zero-order chi connectivity index (χ0) is 26.7. The molecule has 8 nitrogen and oxygen atoms in total.